The van der Waals surface area contributed by atoms with Crippen molar-refractivity contribution in [2.24, 2.45) is 0 Å². The Morgan fingerprint density at radius 1 is 0.950 bits per heavy atom. The van der Waals surface area contributed by atoms with E-state index in [1.165, 1.54) is 0 Å². The Balaban J connectivity index is 1.92. The lowest BCUT2D eigenvalue weighted by Gasteiger charge is -2.18. The summed E-state index contributed by atoms with van der Waals surface area (Å²) < 4.78 is 38.3. The van der Waals surface area contributed by atoms with Crippen molar-refractivity contribution in [3.05, 3.63) is 42.0 Å². The third kappa shape index (κ3) is 2.51. The molecular weight excluding hydrogens is 284 g/mol. The average molecular weight is 295 g/mol. The third-order valence-electron chi connectivity index (χ3n) is 2.75. The van der Waals surface area contributed by atoms with E-state index in [-0.39, 0.29) is 10.6 Å². The zero-order valence-electron chi connectivity index (χ0n) is 10.4. The number of hydrogen-bond donors (Lipinski definition) is 1. The maximum Gasteiger partial charge on any atom is 0.162 e. The quantitative estimate of drug-likeness (QED) is 0.862. The molecular formula is C14H11F2NO2S. The number of hydrogen-bond acceptors (Lipinski definition) is 4. The predicted octanol–water partition coefficient (Wildman–Crippen LogP) is 3.47. The van der Waals surface area contributed by atoms with Gasteiger partial charge in [0.2, 0.25) is 0 Å². The zero-order chi connectivity index (χ0) is 14.1. The summed E-state index contributed by atoms with van der Waals surface area (Å²) in [6.07, 6.45) is 0. The fourth-order valence-corrected chi connectivity index (χ4v) is 2.73. The molecule has 2 aromatic carbocycles. The van der Waals surface area contributed by atoms with Crippen LogP contribution in [0.25, 0.3) is 0 Å². The fraction of sp³-hybridized carbons (Fsp3) is 0.143. The third-order valence-corrected chi connectivity index (χ3v) is 3.84. The first kappa shape index (κ1) is 13.1. The van der Waals surface area contributed by atoms with Crippen LogP contribution >= 0.6 is 11.8 Å². The second-order valence-electron chi connectivity index (χ2n) is 4.22. The predicted molar refractivity (Wildman–Crippen MR) is 72.3 cm³/mol. The molecule has 0 spiro atoms. The lowest BCUT2D eigenvalue weighted by Crippen LogP contribution is -2.15. The highest BCUT2D eigenvalue weighted by Crippen LogP contribution is 2.38. The van der Waals surface area contributed by atoms with Crippen LogP contribution in [-0.2, 0) is 0 Å². The van der Waals surface area contributed by atoms with Crippen LogP contribution in [0.2, 0.25) is 0 Å². The molecule has 104 valence electrons. The number of halogens is 2. The van der Waals surface area contributed by atoms with Gasteiger partial charge in [-0.05, 0) is 30.3 Å². The molecule has 6 heteroatoms. The van der Waals surface area contributed by atoms with Crippen molar-refractivity contribution in [2.45, 2.75) is 9.79 Å². The Kier molecular flexibility index (Phi) is 3.40. The standard InChI is InChI=1S/C14H11F2NO2S/c15-10-5-8(17)6-11(16)14(10)20-9-1-2-12-13(7-9)19-4-3-18-12/h1-2,5-7H,3-4,17H2. The molecule has 2 aromatic rings. The molecule has 3 nitrogen and oxygen atoms in total. The van der Waals surface area contributed by atoms with E-state index in [2.05, 4.69) is 0 Å². The molecule has 0 aliphatic carbocycles. The number of ether oxygens (including phenoxy) is 2. The van der Waals surface area contributed by atoms with E-state index in [0.29, 0.717) is 29.6 Å². The number of rotatable bonds is 2. The van der Waals surface area contributed by atoms with Gasteiger partial charge in [0.15, 0.2) is 11.5 Å². The fourth-order valence-electron chi connectivity index (χ4n) is 1.88. The maximum absolute atomic E-state index is 13.7. The molecule has 0 aromatic heterocycles. The molecule has 1 heterocycles. The van der Waals surface area contributed by atoms with E-state index in [1.807, 2.05) is 0 Å². The van der Waals surface area contributed by atoms with Gasteiger partial charge in [-0.25, -0.2) is 8.78 Å². The van der Waals surface area contributed by atoms with Gasteiger partial charge < -0.3 is 15.2 Å². The summed E-state index contributed by atoms with van der Waals surface area (Å²) in [5.74, 6) is -0.138. The number of anilines is 1. The van der Waals surface area contributed by atoms with Crippen molar-refractivity contribution in [3.8, 4) is 11.5 Å². The number of nitrogen functional groups attached to an aromatic ring is 1. The van der Waals surface area contributed by atoms with Gasteiger partial charge in [-0.1, -0.05) is 11.8 Å². The van der Waals surface area contributed by atoms with Crippen LogP contribution in [0.3, 0.4) is 0 Å². The topological polar surface area (TPSA) is 44.5 Å². The van der Waals surface area contributed by atoms with Crippen molar-refractivity contribution in [2.75, 3.05) is 18.9 Å². The van der Waals surface area contributed by atoms with Crippen LogP contribution in [0.4, 0.5) is 14.5 Å². The first-order chi connectivity index (χ1) is 9.63. The largest absolute Gasteiger partial charge is 0.486 e. The lowest BCUT2D eigenvalue weighted by atomic mass is 10.3. The Labute approximate surface area is 118 Å². The lowest BCUT2D eigenvalue weighted by molar-refractivity contribution is 0.171. The molecule has 0 bridgehead atoms. The summed E-state index contributed by atoms with van der Waals surface area (Å²) in [5.41, 5.74) is 5.45. The number of nitrogens with two attached hydrogens (primary N) is 1. The minimum Gasteiger partial charge on any atom is -0.486 e. The Morgan fingerprint density at radius 2 is 1.60 bits per heavy atom. The van der Waals surface area contributed by atoms with Crippen molar-refractivity contribution in [3.63, 3.8) is 0 Å². The van der Waals surface area contributed by atoms with Crippen LogP contribution in [0.15, 0.2) is 40.1 Å². The number of fused-ring (bicyclic) bond motifs is 1. The molecule has 0 fully saturated rings. The molecule has 0 amide bonds. The van der Waals surface area contributed by atoms with E-state index in [4.69, 9.17) is 15.2 Å². The van der Waals surface area contributed by atoms with Crippen molar-refractivity contribution in [1.29, 1.82) is 0 Å². The molecule has 0 unspecified atom stereocenters. The van der Waals surface area contributed by atoms with Crippen molar-refractivity contribution >= 4 is 17.4 Å². The zero-order valence-corrected chi connectivity index (χ0v) is 11.2. The average Bonchev–Trinajstić information content (AvgIpc) is 2.42. The van der Waals surface area contributed by atoms with E-state index in [1.54, 1.807) is 18.2 Å². The van der Waals surface area contributed by atoms with Gasteiger partial charge in [-0.15, -0.1) is 0 Å². The molecule has 0 atom stereocenters. The molecule has 0 saturated heterocycles. The van der Waals surface area contributed by atoms with Gasteiger partial charge in [-0.3, -0.25) is 0 Å². The summed E-state index contributed by atoms with van der Waals surface area (Å²) in [6, 6.07) is 7.36. The highest BCUT2D eigenvalue weighted by molar-refractivity contribution is 7.99. The SMILES string of the molecule is Nc1cc(F)c(Sc2ccc3c(c2)OCCO3)c(F)c1. The summed E-state index contributed by atoms with van der Waals surface area (Å²) in [7, 11) is 0. The second-order valence-corrected chi connectivity index (χ2v) is 5.30. The smallest absolute Gasteiger partial charge is 0.162 e. The van der Waals surface area contributed by atoms with Gasteiger partial charge >= 0.3 is 0 Å². The van der Waals surface area contributed by atoms with Gasteiger partial charge in [0, 0.05) is 10.6 Å². The van der Waals surface area contributed by atoms with Crippen LogP contribution < -0.4 is 15.2 Å². The van der Waals surface area contributed by atoms with E-state index < -0.39 is 11.6 Å². The monoisotopic (exact) mass is 295 g/mol. The summed E-state index contributed by atoms with van der Waals surface area (Å²) in [6.45, 7) is 0.965. The second kappa shape index (κ2) is 5.20. The van der Waals surface area contributed by atoms with Crippen molar-refractivity contribution in [1.82, 2.24) is 0 Å². The van der Waals surface area contributed by atoms with Crippen molar-refractivity contribution < 1.29 is 18.3 Å². The highest BCUT2D eigenvalue weighted by Gasteiger charge is 2.15. The van der Waals surface area contributed by atoms with Gasteiger partial charge in [0.25, 0.3) is 0 Å². The minimum absolute atomic E-state index is 0.0616. The first-order valence-corrected chi connectivity index (χ1v) is 6.77. The van der Waals surface area contributed by atoms with Gasteiger partial charge in [-0.2, -0.15) is 0 Å². The molecule has 3 rings (SSSR count). The Hall–Kier alpha value is -1.95. The summed E-state index contributed by atoms with van der Waals surface area (Å²) in [4.78, 5) is 0.577. The Morgan fingerprint density at radius 3 is 2.30 bits per heavy atom. The molecule has 0 saturated carbocycles. The Bertz CT molecular complexity index is 641. The van der Waals surface area contributed by atoms with Gasteiger partial charge in [0.1, 0.15) is 24.8 Å². The summed E-state index contributed by atoms with van der Waals surface area (Å²) >= 11 is 0.981. The van der Waals surface area contributed by atoms with Crippen LogP contribution in [0.5, 0.6) is 11.5 Å². The van der Waals surface area contributed by atoms with Crippen LogP contribution in [0, 0.1) is 11.6 Å². The van der Waals surface area contributed by atoms with E-state index in [0.717, 1.165) is 23.9 Å². The van der Waals surface area contributed by atoms with Crippen LogP contribution in [-0.4, -0.2) is 13.2 Å². The molecule has 1 aliphatic rings. The molecule has 20 heavy (non-hydrogen) atoms. The van der Waals surface area contributed by atoms with Gasteiger partial charge in [0.05, 0.1) is 4.90 Å². The molecule has 2 N–H and O–H groups in total. The van der Waals surface area contributed by atoms with Crippen LogP contribution in [0.1, 0.15) is 0 Å². The first-order valence-electron chi connectivity index (χ1n) is 5.95. The van der Waals surface area contributed by atoms with E-state index in [9.17, 15) is 8.78 Å². The maximum atomic E-state index is 13.7. The highest BCUT2D eigenvalue weighted by atomic mass is 32.2. The van der Waals surface area contributed by atoms with E-state index >= 15 is 0 Å². The minimum atomic E-state index is -0.678. The summed E-state index contributed by atoms with van der Waals surface area (Å²) in [5, 5.41) is 0. The normalized spacial score (nSPS) is 13.3. The molecule has 0 radical (unpaired) electrons. The number of benzene rings is 2. The molecule has 1 aliphatic heterocycles.